The monoisotopic (exact) mass is 115 g/mol. The molecule has 0 fully saturated rings. The van der Waals surface area contributed by atoms with Crippen LogP contribution in [-0.4, -0.2) is 4.98 Å². The zero-order chi connectivity index (χ0) is 3.54. The van der Waals surface area contributed by atoms with Gasteiger partial charge in [-0.3, -0.25) is 0 Å². The smallest absolute Gasteiger partial charge is 0.000496 e. The maximum atomic E-state index is 2.86. The number of nitrogens with one attached hydrogen (secondary N) is 1. The first kappa shape index (κ1) is 5.99. The summed E-state index contributed by atoms with van der Waals surface area (Å²) in [4.78, 5) is 2.86. The first-order valence-corrected chi connectivity index (χ1v) is 1.58. The molecule has 1 heterocycles. The van der Waals surface area contributed by atoms with Gasteiger partial charge in [-0.15, -0.1) is 0 Å². The molecule has 0 saturated carbocycles. The molecule has 2 heteroatoms. The van der Waals surface area contributed by atoms with Crippen LogP contribution in [0.1, 0.15) is 0 Å². The van der Waals surface area contributed by atoms with E-state index in [1.807, 2.05) is 24.5 Å². The quantitative estimate of drug-likeness (QED) is 0.485. The Hall–Kier alpha value is -0.00571. The maximum absolute atomic E-state index is 2.86. The van der Waals surface area contributed by atoms with Crippen LogP contribution in [-0.2, 0) is 21.7 Å². The molecule has 1 rings (SSSR count). The minimum atomic E-state index is 0. The molecule has 0 saturated heterocycles. The first-order valence-electron chi connectivity index (χ1n) is 1.58. The van der Waals surface area contributed by atoms with Gasteiger partial charge in [0.1, 0.15) is 0 Å². The Labute approximate surface area is 51.6 Å². The van der Waals surface area contributed by atoms with E-state index in [4.69, 9.17) is 0 Å². The van der Waals surface area contributed by atoms with Gasteiger partial charge in [0, 0.05) is 34.1 Å². The van der Waals surface area contributed by atoms with Crippen LogP contribution in [0.2, 0.25) is 0 Å². The van der Waals surface area contributed by atoms with Crippen LogP contribution < -0.4 is 0 Å². The number of H-pyrrole nitrogens is 1. The predicted octanol–water partition coefficient (Wildman–Crippen LogP) is 1.01. The molecule has 0 radical (unpaired) electrons. The van der Waals surface area contributed by atoms with Crippen LogP contribution in [0, 0.1) is 0 Å². The van der Waals surface area contributed by atoms with E-state index in [0.717, 1.165) is 0 Å². The molecule has 0 aromatic carbocycles. The summed E-state index contributed by atoms with van der Waals surface area (Å²) in [6, 6.07) is 3.89. The van der Waals surface area contributed by atoms with Crippen LogP contribution in [0.3, 0.4) is 0 Å². The van der Waals surface area contributed by atoms with Crippen LogP contribution in [0.15, 0.2) is 24.5 Å². The molecule has 0 unspecified atom stereocenters. The minimum Gasteiger partial charge on any atom is -0.368 e. The molecule has 6 heavy (non-hydrogen) atoms. The molecule has 1 aromatic heterocycles. The summed E-state index contributed by atoms with van der Waals surface area (Å²) in [6.45, 7) is 0. The van der Waals surface area contributed by atoms with Gasteiger partial charge in [0.2, 0.25) is 0 Å². The summed E-state index contributed by atoms with van der Waals surface area (Å²) in [5.41, 5.74) is 0. The Bertz CT molecular complexity index is 64.0. The summed E-state index contributed by atoms with van der Waals surface area (Å²) >= 11 is 0. The van der Waals surface area contributed by atoms with Crippen LogP contribution in [0.5, 0.6) is 0 Å². The van der Waals surface area contributed by atoms with Gasteiger partial charge in [-0.2, -0.15) is 0 Å². The minimum absolute atomic E-state index is 0. The number of hydrogen-bond acceptors (Lipinski definition) is 0. The molecule has 1 aromatic rings. The van der Waals surface area contributed by atoms with Crippen LogP contribution in [0.25, 0.3) is 0 Å². The number of aromatic amines is 1. The zero-order valence-corrected chi connectivity index (χ0v) is 4.87. The van der Waals surface area contributed by atoms with Gasteiger partial charge in [-0.05, 0) is 12.1 Å². The fourth-order valence-electron chi connectivity index (χ4n) is 0.278. The van der Waals surface area contributed by atoms with Gasteiger partial charge in [-0.1, -0.05) is 0 Å². The van der Waals surface area contributed by atoms with Crippen molar-refractivity contribution in [2.24, 2.45) is 0 Å². The van der Waals surface area contributed by atoms with Crippen molar-refractivity contribution < 1.29 is 21.7 Å². The van der Waals surface area contributed by atoms with Crippen molar-refractivity contribution in [2.45, 2.75) is 0 Å². The number of aromatic nitrogens is 1. The fraction of sp³-hybridized carbons (Fsp3) is 0. The second-order valence-corrected chi connectivity index (χ2v) is 0.885. The van der Waals surface area contributed by atoms with Gasteiger partial charge in [0.25, 0.3) is 0 Å². The average Bonchev–Trinajstić information content (AvgIpc) is 1.76. The maximum Gasteiger partial charge on any atom is 0.000496 e. The number of hydrogen-bond donors (Lipinski definition) is 1. The normalized spacial score (nSPS) is 6.67. The molecular weight excluding hydrogens is 110 g/mol. The van der Waals surface area contributed by atoms with E-state index in [1.165, 1.54) is 0 Å². The molecule has 30 valence electrons. The van der Waals surface area contributed by atoms with Crippen molar-refractivity contribution in [2.75, 3.05) is 0 Å². The summed E-state index contributed by atoms with van der Waals surface area (Å²) in [5.74, 6) is 0. The van der Waals surface area contributed by atoms with Gasteiger partial charge < -0.3 is 4.98 Å². The van der Waals surface area contributed by atoms with E-state index in [-0.39, 0.29) is 21.7 Å². The molecule has 0 aliphatic rings. The number of rotatable bonds is 0. The largest absolute Gasteiger partial charge is 0.368 e. The van der Waals surface area contributed by atoms with E-state index in [1.54, 1.807) is 0 Å². The van der Waals surface area contributed by atoms with Crippen LogP contribution in [0.4, 0.5) is 0 Å². The molecule has 0 aliphatic heterocycles. The van der Waals surface area contributed by atoms with Crippen molar-refractivity contribution >= 4 is 0 Å². The van der Waals surface area contributed by atoms with E-state index in [0.29, 0.717) is 0 Å². The molecule has 1 nitrogen and oxygen atoms in total. The standard InChI is InChI=1S/C4H5N.Ti/c1-2-4-5-3-1;/h1-5H;. The van der Waals surface area contributed by atoms with Crippen molar-refractivity contribution in [3.05, 3.63) is 24.5 Å². The summed E-state index contributed by atoms with van der Waals surface area (Å²) in [6.07, 6.45) is 3.75. The Kier molecular flexibility index (Phi) is 3.19. The predicted molar refractivity (Wildman–Crippen MR) is 20.8 cm³/mol. The van der Waals surface area contributed by atoms with Crippen molar-refractivity contribution in [3.8, 4) is 0 Å². The molecule has 0 spiro atoms. The second kappa shape index (κ2) is 3.19. The van der Waals surface area contributed by atoms with Gasteiger partial charge >= 0.3 is 0 Å². The van der Waals surface area contributed by atoms with Crippen LogP contribution >= 0.6 is 0 Å². The molecule has 0 aliphatic carbocycles. The van der Waals surface area contributed by atoms with Gasteiger partial charge in [-0.25, -0.2) is 0 Å². The molecule has 0 bridgehead atoms. The Morgan fingerprint density at radius 3 is 1.67 bits per heavy atom. The molecule has 0 amide bonds. The Morgan fingerprint density at radius 1 is 1.00 bits per heavy atom. The van der Waals surface area contributed by atoms with Crippen molar-refractivity contribution in [1.82, 2.24) is 4.98 Å². The average molecular weight is 115 g/mol. The van der Waals surface area contributed by atoms with E-state index >= 15 is 0 Å². The third kappa shape index (κ3) is 1.44. The van der Waals surface area contributed by atoms with E-state index in [9.17, 15) is 0 Å². The molecule has 0 atom stereocenters. The Morgan fingerprint density at radius 2 is 1.50 bits per heavy atom. The fourth-order valence-corrected chi connectivity index (χ4v) is 0.278. The second-order valence-electron chi connectivity index (χ2n) is 0.885. The Balaban J connectivity index is 0.000000250. The summed E-state index contributed by atoms with van der Waals surface area (Å²) < 4.78 is 0. The van der Waals surface area contributed by atoms with Crippen molar-refractivity contribution in [3.63, 3.8) is 0 Å². The van der Waals surface area contributed by atoms with E-state index < -0.39 is 0 Å². The molecule has 1 N–H and O–H groups in total. The summed E-state index contributed by atoms with van der Waals surface area (Å²) in [7, 11) is 0. The van der Waals surface area contributed by atoms with Crippen molar-refractivity contribution in [1.29, 1.82) is 0 Å². The molecular formula is C4H5NTi. The summed E-state index contributed by atoms with van der Waals surface area (Å²) in [5, 5.41) is 0. The third-order valence-electron chi connectivity index (χ3n) is 0.496. The topological polar surface area (TPSA) is 15.8 Å². The SMILES string of the molecule is [Ti].c1cc[nH]c1. The van der Waals surface area contributed by atoms with E-state index in [2.05, 4.69) is 4.98 Å². The third-order valence-corrected chi connectivity index (χ3v) is 0.496. The van der Waals surface area contributed by atoms with Gasteiger partial charge in [0.15, 0.2) is 0 Å². The van der Waals surface area contributed by atoms with Gasteiger partial charge in [0.05, 0.1) is 0 Å². The first-order chi connectivity index (χ1) is 2.50. The zero-order valence-electron chi connectivity index (χ0n) is 3.31.